The van der Waals surface area contributed by atoms with Crippen LogP contribution in [0.4, 0.5) is 0 Å². The molecule has 0 saturated heterocycles. The molecule has 0 N–H and O–H groups in total. The first-order valence-electron chi connectivity index (χ1n) is 6.69. The van der Waals surface area contributed by atoms with Crippen LogP contribution in [0.5, 0.6) is 0 Å². The van der Waals surface area contributed by atoms with Crippen molar-refractivity contribution in [2.24, 2.45) is 0 Å². The van der Waals surface area contributed by atoms with Crippen LogP contribution in [-0.4, -0.2) is 67.3 Å². The van der Waals surface area contributed by atoms with Crippen LogP contribution in [0.15, 0.2) is 0 Å². The minimum atomic E-state index is -0.510. The molecule has 0 bridgehead atoms. The van der Waals surface area contributed by atoms with Gasteiger partial charge in [-0.25, -0.2) is 9.80 Å². The maximum absolute atomic E-state index is 10.9. The molecule has 0 unspecified atom stereocenters. The number of hydrogen-bond acceptors (Lipinski definition) is 10. The zero-order chi connectivity index (χ0) is 17.8. The van der Waals surface area contributed by atoms with E-state index in [9.17, 15) is 19.2 Å². The number of carbonyl (C=O) groups is 4. The molecule has 23 heavy (non-hydrogen) atoms. The average Bonchev–Trinajstić information content (AvgIpc) is 2.43. The van der Waals surface area contributed by atoms with Crippen LogP contribution in [-0.2, 0) is 38.1 Å². The van der Waals surface area contributed by atoms with Gasteiger partial charge in [0.25, 0.3) is 0 Å². The van der Waals surface area contributed by atoms with E-state index in [1.54, 1.807) is 0 Å². The lowest BCUT2D eigenvalue weighted by Crippen LogP contribution is -2.43. The summed E-state index contributed by atoms with van der Waals surface area (Å²) in [6.07, 6.45) is 0. The van der Waals surface area contributed by atoms with Gasteiger partial charge >= 0.3 is 23.9 Å². The maximum Gasteiger partial charge on any atom is 0.303 e. The van der Waals surface area contributed by atoms with E-state index in [1.165, 1.54) is 37.5 Å². The van der Waals surface area contributed by atoms with Crippen LogP contribution in [0.1, 0.15) is 27.7 Å². The fourth-order valence-electron chi connectivity index (χ4n) is 1.25. The number of esters is 4. The Bertz CT molecular complexity index is 352. The van der Waals surface area contributed by atoms with Crippen LogP contribution < -0.4 is 0 Å². The predicted octanol–water partition coefficient (Wildman–Crippen LogP) is -0.370. The highest BCUT2D eigenvalue weighted by Crippen LogP contribution is 1.99. The van der Waals surface area contributed by atoms with Gasteiger partial charge in [0.15, 0.2) is 0 Å². The molecule has 0 fully saturated rings. The Balaban J connectivity index is 4.67. The molecule has 10 nitrogen and oxygen atoms in total. The lowest BCUT2D eigenvalue weighted by molar-refractivity contribution is -0.165. The summed E-state index contributed by atoms with van der Waals surface area (Å²) in [7, 11) is 0. The molecule has 0 aliphatic carbocycles. The van der Waals surface area contributed by atoms with Gasteiger partial charge in [-0.2, -0.15) is 0 Å². The highest BCUT2D eigenvalue weighted by atomic mass is 16.6. The Morgan fingerprint density at radius 2 is 0.783 bits per heavy atom. The molecule has 0 aliphatic heterocycles. The van der Waals surface area contributed by atoms with E-state index in [-0.39, 0.29) is 33.6 Å². The van der Waals surface area contributed by atoms with Crippen LogP contribution in [0.3, 0.4) is 0 Å². The van der Waals surface area contributed by atoms with E-state index >= 15 is 0 Å². The van der Waals surface area contributed by atoms with Crippen LogP contribution in [0, 0.1) is 0 Å². The molecule has 0 heterocycles. The molecule has 0 aromatic heterocycles. The minimum Gasteiger partial charge on any atom is -0.450 e. The van der Waals surface area contributed by atoms with E-state index < -0.39 is 23.9 Å². The van der Waals surface area contributed by atoms with Gasteiger partial charge in [0.1, 0.15) is 26.9 Å². The Hall–Kier alpha value is -2.20. The second-order valence-corrected chi connectivity index (χ2v) is 4.54. The summed E-state index contributed by atoms with van der Waals surface area (Å²) in [5, 5.41) is 0. The highest BCUT2D eigenvalue weighted by molar-refractivity contribution is 5.66. The minimum absolute atomic E-state index is 0.0567. The molecule has 0 saturated carbocycles. The summed E-state index contributed by atoms with van der Waals surface area (Å²) < 4.78 is 19.4. The van der Waals surface area contributed by atoms with E-state index in [2.05, 4.69) is 0 Å². The summed E-state index contributed by atoms with van der Waals surface area (Å²) in [4.78, 5) is 46.5. The van der Waals surface area contributed by atoms with Gasteiger partial charge in [-0.3, -0.25) is 19.2 Å². The van der Waals surface area contributed by atoms with Gasteiger partial charge < -0.3 is 18.9 Å². The molecule has 0 radical (unpaired) electrons. The van der Waals surface area contributed by atoms with Crippen molar-refractivity contribution in [3.05, 3.63) is 0 Å². The van der Waals surface area contributed by atoms with Crippen molar-refractivity contribution in [1.82, 2.24) is 9.80 Å². The molecule has 0 spiro atoms. The van der Waals surface area contributed by atoms with Gasteiger partial charge in [-0.15, -0.1) is 0 Å². The number of nitrogens with zero attached hydrogens (tertiary/aromatic N) is 2. The summed E-state index contributed by atoms with van der Waals surface area (Å²) in [6.45, 7) is 4.39. The quantitative estimate of drug-likeness (QED) is 0.298. The third kappa shape index (κ3) is 13.2. The number of carbonyl (C=O) groups excluding carboxylic acids is 4. The molecule has 0 amide bonds. The van der Waals surface area contributed by atoms with Gasteiger partial charge in [-0.05, 0) is 0 Å². The Morgan fingerprint density at radius 1 is 0.565 bits per heavy atom. The number of hydrogen-bond donors (Lipinski definition) is 0. The largest absolute Gasteiger partial charge is 0.450 e. The van der Waals surface area contributed by atoms with Crippen molar-refractivity contribution in [2.45, 2.75) is 27.7 Å². The smallest absolute Gasteiger partial charge is 0.303 e. The molecule has 0 atom stereocenters. The van der Waals surface area contributed by atoms with E-state index in [4.69, 9.17) is 18.9 Å². The molecule has 0 rings (SSSR count). The monoisotopic (exact) mass is 334 g/mol. The summed E-state index contributed by atoms with van der Waals surface area (Å²) >= 11 is 0. The molecule has 132 valence electrons. The third-order valence-electron chi connectivity index (χ3n) is 2.20. The zero-order valence-electron chi connectivity index (χ0n) is 13.7. The molecular formula is C13H22N2O8. The molecular weight excluding hydrogens is 312 g/mol. The lowest BCUT2D eigenvalue weighted by atomic mass is 10.7. The van der Waals surface area contributed by atoms with Crippen molar-refractivity contribution < 1.29 is 38.1 Å². The zero-order valence-corrected chi connectivity index (χ0v) is 13.7. The first kappa shape index (κ1) is 20.8. The van der Waals surface area contributed by atoms with Crippen molar-refractivity contribution in [1.29, 1.82) is 0 Å². The van der Waals surface area contributed by atoms with E-state index in [0.717, 1.165) is 0 Å². The third-order valence-corrected chi connectivity index (χ3v) is 2.20. The van der Waals surface area contributed by atoms with Crippen molar-refractivity contribution in [3.8, 4) is 0 Å². The second kappa shape index (κ2) is 11.4. The Labute approximate surface area is 134 Å². The van der Waals surface area contributed by atoms with Crippen molar-refractivity contribution in [3.63, 3.8) is 0 Å². The standard InChI is InChI=1S/C13H22N2O8/c1-10(16)20-6-14(7-21-11(2)17)5-15(8-22-12(3)18)9-23-13(4)19/h5-9H2,1-4H3. The molecule has 0 aliphatic rings. The average molecular weight is 334 g/mol. The van der Waals surface area contributed by atoms with Crippen LogP contribution in [0.2, 0.25) is 0 Å². The van der Waals surface area contributed by atoms with Gasteiger partial charge in [-0.1, -0.05) is 0 Å². The first-order valence-corrected chi connectivity index (χ1v) is 6.69. The summed E-state index contributed by atoms with van der Waals surface area (Å²) in [6, 6.07) is 0. The summed E-state index contributed by atoms with van der Waals surface area (Å²) in [5.74, 6) is -2.04. The maximum atomic E-state index is 10.9. The Morgan fingerprint density at radius 3 is 0.957 bits per heavy atom. The first-order chi connectivity index (χ1) is 10.7. The normalized spacial score (nSPS) is 10.3. The fourth-order valence-corrected chi connectivity index (χ4v) is 1.25. The van der Waals surface area contributed by atoms with Crippen molar-refractivity contribution in [2.75, 3.05) is 33.6 Å². The van der Waals surface area contributed by atoms with Crippen molar-refractivity contribution >= 4 is 23.9 Å². The summed E-state index contributed by atoms with van der Waals surface area (Å²) in [5.41, 5.74) is 0. The lowest BCUT2D eigenvalue weighted by Gasteiger charge is -2.28. The van der Waals surface area contributed by atoms with Crippen LogP contribution >= 0.6 is 0 Å². The molecule has 0 aromatic rings. The topological polar surface area (TPSA) is 112 Å². The molecule has 10 heteroatoms. The highest BCUT2D eigenvalue weighted by Gasteiger charge is 2.16. The van der Waals surface area contributed by atoms with Gasteiger partial charge in [0.2, 0.25) is 0 Å². The second-order valence-electron chi connectivity index (χ2n) is 4.54. The SMILES string of the molecule is CC(=O)OCN(COC(C)=O)CN(COC(C)=O)COC(C)=O. The van der Waals surface area contributed by atoms with Gasteiger partial charge in [0, 0.05) is 27.7 Å². The van der Waals surface area contributed by atoms with Crippen LogP contribution in [0.25, 0.3) is 0 Å². The van der Waals surface area contributed by atoms with Gasteiger partial charge in [0.05, 0.1) is 6.67 Å². The molecule has 0 aromatic carbocycles. The predicted molar refractivity (Wildman–Crippen MR) is 75.1 cm³/mol. The Kier molecular flexibility index (Phi) is 10.3. The van der Waals surface area contributed by atoms with E-state index in [0.29, 0.717) is 0 Å². The van der Waals surface area contributed by atoms with E-state index in [1.807, 2.05) is 0 Å². The fraction of sp³-hybridized carbons (Fsp3) is 0.692. The number of ether oxygens (including phenoxy) is 4. The number of rotatable bonds is 10.